The third kappa shape index (κ3) is 5.15. The van der Waals surface area contributed by atoms with Crippen LogP contribution in [0.1, 0.15) is 20.8 Å². The largest absolute Gasteiger partial charge is 0.484 e. The molecule has 0 saturated carbocycles. The highest BCUT2D eigenvalue weighted by molar-refractivity contribution is 5.86. The van der Waals surface area contributed by atoms with Crippen molar-refractivity contribution in [2.24, 2.45) is 11.0 Å². The molecule has 0 unspecified atom stereocenters. The number of rotatable bonds is 5. The summed E-state index contributed by atoms with van der Waals surface area (Å²) in [4.78, 5) is 11.4. The van der Waals surface area contributed by atoms with Crippen LogP contribution in [0.2, 0.25) is 0 Å². The van der Waals surface area contributed by atoms with Crippen LogP contribution in [0, 0.1) is 5.92 Å². The van der Waals surface area contributed by atoms with Gasteiger partial charge in [0.25, 0.3) is 5.91 Å². The van der Waals surface area contributed by atoms with Crippen molar-refractivity contribution in [3.63, 3.8) is 0 Å². The molecule has 1 aromatic rings. The number of para-hydroxylation sites is 1. The minimum absolute atomic E-state index is 0.0289. The number of amides is 1. The number of nitrogens with one attached hydrogen (secondary N) is 1. The van der Waals surface area contributed by atoms with Gasteiger partial charge in [-0.3, -0.25) is 4.79 Å². The second-order valence-electron chi connectivity index (χ2n) is 4.04. The number of carbonyl (C=O) groups excluding carboxylic acids is 1. The highest BCUT2D eigenvalue weighted by atomic mass is 16.5. The second kappa shape index (κ2) is 6.68. The molecule has 1 rings (SSSR count). The minimum Gasteiger partial charge on any atom is -0.484 e. The maximum Gasteiger partial charge on any atom is 0.277 e. The van der Waals surface area contributed by atoms with Gasteiger partial charge in [0, 0.05) is 5.71 Å². The van der Waals surface area contributed by atoms with E-state index in [1.807, 2.05) is 39.0 Å². The number of benzene rings is 1. The van der Waals surface area contributed by atoms with E-state index >= 15 is 0 Å². The molecule has 0 radical (unpaired) electrons. The molecular formula is C13H18N2O2. The summed E-state index contributed by atoms with van der Waals surface area (Å²) < 4.78 is 5.28. The monoisotopic (exact) mass is 234 g/mol. The number of nitrogens with zero attached hydrogens (tertiary/aromatic N) is 1. The maximum absolute atomic E-state index is 11.4. The van der Waals surface area contributed by atoms with Crippen molar-refractivity contribution in [3.8, 4) is 5.75 Å². The highest BCUT2D eigenvalue weighted by Gasteiger charge is 2.02. The molecule has 0 spiro atoms. The van der Waals surface area contributed by atoms with Crippen molar-refractivity contribution in [3.05, 3.63) is 30.3 Å². The molecule has 4 nitrogen and oxygen atoms in total. The molecule has 0 bridgehead atoms. The fraction of sp³-hybridized carbons (Fsp3) is 0.385. The van der Waals surface area contributed by atoms with E-state index in [1.165, 1.54) is 0 Å². The molecule has 4 heteroatoms. The zero-order valence-electron chi connectivity index (χ0n) is 10.4. The predicted octanol–water partition coefficient (Wildman–Crippen LogP) is 2.21. The Morgan fingerprint density at radius 1 is 1.35 bits per heavy atom. The molecule has 0 aromatic heterocycles. The molecule has 0 saturated heterocycles. The van der Waals surface area contributed by atoms with Crippen LogP contribution in [0.3, 0.4) is 0 Å². The molecule has 17 heavy (non-hydrogen) atoms. The Morgan fingerprint density at radius 3 is 2.59 bits per heavy atom. The van der Waals surface area contributed by atoms with Crippen molar-refractivity contribution in [2.75, 3.05) is 6.61 Å². The van der Waals surface area contributed by atoms with Crippen LogP contribution in [-0.2, 0) is 4.79 Å². The summed E-state index contributed by atoms with van der Waals surface area (Å²) >= 11 is 0. The van der Waals surface area contributed by atoms with Crippen LogP contribution >= 0.6 is 0 Å². The van der Waals surface area contributed by atoms with Crippen LogP contribution in [-0.4, -0.2) is 18.2 Å². The molecule has 0 aliphatic heterocycles. The van der Waals surface area contributed by atoms with Gasteiger partial charge in [0.05, 0.1) is 0 Å². The van der Waals surface area contributed by atoms with Gasteiger partial charge < -0.3 is 4.74 Å². The van der Waals surface area contributed by atoms with Gasteiger partial charge in [-0.25, -0.2) is 5.43 Å². The van der Waals surface area contributed by atoms with Crippen LogP contribution in [0.4, 0.5) is 0 Å². The summed E-state index contributed by atoms with van der Waals surface area (Å²) in [5.74, 6) is 0.742. The minimum atomic E-state index is -0.256. The van der Waals surface area contributed by atoms with Crippen molar-refractivity contribution in [2.45, 2.75) is 20.8 Å². The number of hydrogen-bond acceptors (Lipinski definition) is 3. The summed E-state index contributed by atoms with van der Waals surface area (Å²) in [6.45, 7) is 5.89. The summed E-state index contributed by atoms with van der Waals surface area (Å²) in [6, 6.07) is 9.21. The lowest BCUT2D eigenvalue weighted by molar-refractivity contribution is -0.123. The first-order valence-corrected chi connectivity index (χ1v) is 5.60. The Bertz CT molecular complexity index is 386. The normalized spacial score (nSPS) is 11.4. The molecule has 1 amide bonds. The topological polar surface area (TPSA) is 50.7 Å². The third-order valence-corrected chi connectivity index (χ3v) is 2.31. The predicted molar refractivity (Wildman–Crippen MR) is 68.0 cm³/mol. The van der Waals surface area contributed by atoms with Crippen LogP contribution in [0.25, 0.3) is 0 Å². The van der Waals surface area contributed by atoms with Gasteiger partial charge in [0.2, 0.25) is 0 Å². The van der Waals surface area contributed by atoms with Gasteiger partial charge in [0.1, 0.15) is 5.75 Å². The zero-order chi connectivity index (χ0) is 12.7. The lowest BCUT2D eigenvalue weighted by Gasteiger charge is -2.06. The first-order valence-electron chi connectivity index (χ1n) is 5.60. The van der Waals surface area contributed by atoms with E-state index in [-0.39, 0.29) is 12.5 Å². The molecule has 1 N–H and O–H groups in total. The Hall–Kier alpha value is -1.84. The first-order chi connectivity index (χ1) is 8.09. The summed E-state index contributed by atoms with van der Waals surface area (Å²) in [5.41, 5.74) is 3.35. The molecule has 92 valence electrons. The standard InChI is InChI=1S/C13H18N2O2/c1-10(2)11(3)14-15-13(16)9-17-12-7-5-4-6-8-12/h4-8,10H,9H2,1-3H3,(H,15,16)/b14-11+. The van der Waals surface area contributed by atoms with Crippen LogP contribution < -0.4 is 10.2 Å². The summed E-state index contributed by atoms with van der Waals surface area (Å²) in [7, 11) is 0. The van der Waals surface area contributed by atoms with E-state index in [0.717, 1.165) is 5.71 Å². The SMILES string of the molecule is C/C(=N\NC(=O)COc1ccccc1)C(C)C. The maximum atomic E-state index is 11.4. The van der Waals surface area contributed by atoms with Gasteiger partial charge in [-0.2, -0.15) is 5.10 Å². The summed E-state index contributed by atoms with van der Waals surface area (Å²) in [5, 5.41) is 3.97. The number of hydrogen-bond donors (Lipinski definition) is 1. The van der Waals surface area contributed by atoms with Crippen molar-refractivity contribution in [1.82, 2.24) is 5.43 Å². The third-order valence-electron chi connectivity index (χ3n) is 2.31. The Balaban J connectivity index is 2.34. The van der Waals surface area contributed by atoms with Gasteiger partial charge >= 0.3 is 0 Å². The van der Waals surface area contributed by atoms with E-state index in [2.05, 4.69) is 10.5 Å². The van der Waals surface area contributed by atoms with Crippen molar-refractivity contribution >= 4 is 11.6 Å². The van der Waals surface area contributed by atoms with Gasteiger partial charge in [0.15, 0.2) is 6.61 Å². The Morgan fingerprint density at radius 2 is 2.00 bits per heavy atom. The molecule has 0 fully saturated rings. The van der Waals surface area contributed by atoms with Crippen molar-refractivity contribution < 1.29 is 9.53 Å². The average Bonchev–Trinajstić information content (AvgIpc) is 2.34. The van der Waals surface area contributed by atoms with Crippen molar-refractivity contribution in [1.29, 1.82) is 0 Å². The van der Waals surface area contributed by atoms with E-state index in [0.29, 0.717) is 11.7 Å². The summed E-state index contributed by atoms with van der Waals surface area (Å²) in [6.07, 6.45) is 0. The van der Waals surface area contributed by atoms with Crippen LogP contribution in [0.5, 0.6) is 5.75 Å². The highest BCUT2D eigenvalue weighted by Crippen LogP contribution is 2.07. The van der Waals surface area contributed by atoms with E-state index in [1.54, 1.807) is 12.1 Å². The lowest BCUT2D eigenvalue weighted by atomic mass is 10.1. The lowest BCUT2D eigenvalue weighted by Crippen LogP contribution is -2.26. The molecule has 0 heterocycles. The Labute approximate surface area is 102 Å². The van der Waals surface area contributed by atoms with E-state index < -0.39 is 0 Å². The average molecular weight is 234 g/mol. The van der Waals surface area contributed by atoms with E-state index in [9.17, 15) is 4.79 Å². The number of hydrazone groups is 1. The molecule has 0 aliphatic carbocycles. The molecular weight excluding hydrogens is 216 g/mol. The van der Waals surface area contributed by atoms with Gasteiger partial charge in [-0.1, -0.05) is 32.0 Å². The number of ether oxygens (including phenoxy) is 1. The second-order valence-corrected chi connectivity index (χ2v) is 4.04. The fourth-order valence-corrected chi connectivity index (χ4v) is 0.978. The smallest absolute Gasteiger partial charge is 0.277 e. The molecule has 1 aromatic carbocycles. The first kappa shape index (κ1) is 13.2. The van der Waals surface area contributed by atoms with Gasteiger partial charge in [-0.05, 0) is 25.0 Å². The fourth-order valence-electron chi connectivity index (χ4n) is 0.978. The number of carbonyl (C=O) groups is 1. The Kier molecular flexibility index (Phi) is 5.20. The quantitative estimate of drug-likeness (QED) is 0.627. The van der Waals surface area contributed by atoms with Crippen LogP contribution in [0.15, 0.2) is 35.4 Å². The zero-order valence-corrected chi connectivity index (χ0v) is 10.4. The van der Waals surface area contributed by atoms with Gasteiger partial charge in [-0.15, -0.1) is 0 Å². The molecule has 0 aliphatic rings. The molecule has 0 atom stereocenters. The van der Waals surface area contributed by atoms with E-state index in [4.69, 9.17) is 4.74 Å².